The predicted octanol–water partition coefficient (Wildman–Crippen LogP) is 3.80. The first-order valence-corrected chi connectivity index (χ1v) is 6.18. The summed E-state index contributed by atoms with van der Waals surface area (Å²) >= 11 is 5.60. The van der Waals surface area contributed by atoms with Gasteiger partial charge in [0.25, 0.3) is 0 Å². The molecule has 0 amide bonds. The summed E-state index contributed by atoms with van der Waals surface area (Å²) in [5, 5.41) is 0.0551. The molecule has 98 valence electrons. The van der Waals surface area contributed by atoms with Crippen molar-refractivity contribution in [1.82, 2.24) is 0 Å². The van der Waals surface area contributed by atoms with Crippen LogP contribution in [0.2, 0.25) is 5.02 Å². The van der Waals surface area contributed by atoms with Gasteiger partial charge in [0.1, 0.15) is 5.82 Å². The fraction of sp³-hybridized carbons (Fsp3) is 0.133. The maximum atomic E-state index is 13.3. The third kappa shape index (κ3) is 3.12. The van der Waals surface area contributed by atoms with Gasteiger partial charge in [-0.3, -0.25) is 4.79 Å². The van der Waals surface area contributed by atoms with E-state index < -0.39 is 5.82 Å². The van der Waals surface area contributed by atoms with Crippen molar-refractivity contribution in [3.63, 3.8) is 0 Å². The largest absolute Gasteiger partial charge is 0.399 e. The first kappa shape index (κ1) is 13.6. The summed E-state index contributed by atoms with van der Waals surface area (Å²) in [7, 11) is 0. The molecular weight excluding hydrogens is 265 g/mol. The quantitative estimate of drug-likeness (QED) is 0.685. The number of carbonyl (C=O) groups excluding carboxylic acids is 1. The molecule has 0 saturated heterocycles. The minimum Gasteiger partial charge on any atom is -0.399 e. The average Bonchev–Trinajstić information content (AvgIpc) is 2.37. The highest BCUT2D eigenvalue weighted by Crippen LogP contribution is 2.18. The lowest BCUT2D eigenvalue weighted by Crippen LogP contribution is -2.05. The smallest absolute Gasteiger partial charge is 0.167 e. The van der Waals surface area contributed by atoms with Crippen molar-refractivity contribution in [2.75, 3.05) is 5.73 Å². The SMILES string of the molecule is Cc1cc(C(=O)Cc2ccc(Cl)c(F)c2)ccc1N. The van der Waals surface area contributed by atoms with E-state index in [-0.39, 0.29) is 17.2 Å². The Balaban J connectivity index is 2.20. The summed E-state index contributed by atoms with van der Waals surface area (Å²) in [5.74, 6) is -0.592. The Morgan fingerprint density at radius 2 is 2.00 bits per heavy atom. The van der Waals surface area contributed by atoms with Crippen LogP contribution >= 0.6 is 11.6 Å². The number of carbonyl (C=O) groups is 1. The number of anilines is 1. The van der Waals surface area contributed by atoms with E-state index in [9.17, 15) is 9.18 Å². The molecule has 0 heterocycles. The molecule has 0 aliphatic rings. The monoisotopic (exact) mass is 277 g/mol. The Labute approximate surface area is 116 Å². The molecule has 0 aliphatic heterocycles. The molecule has 0 aliphatic carbocycles. The van der Waals surface area contributed by atoms with Crippen molar-refractivity contribution in [2.24, 2.45) is 0 Å². The standard InChI is InChI=1S/C15H13ClFNO/c1-9-6-11(3-5-14(9)18)15(19)8-10-2-4-12(16)13(17)7-10/h2-7H,8,18H2,1H3. The molecule has 2 rings (SSSR count). The van der Waals surface area contributed by atoms with E-state index in [1.165, 1.54) is 12.1 Å². The third-order valence-corrected chi connectivity index (χ3v) is 3.25. The van der Waals surface area contributed by atoms with Crippen molar-refractivity contribution in [2.45, 2.75) is 13.3 Å². The molecular formula is C15H13ClFNO. The van der Waals surface area contributed by atoms with Crippen LogP contribution in [0, 0.1) is 12.7 Å². The number of halogens is 2. The van der Waals surface area contributed by atoms with Crippen LogP contribution in [0.3, 0.4) is 0 Å². The van der Waals surface area contributed by atoms with Crippen LogP contribution in [-0.4, -0.2) is 5.78 Å². The lowest BCUT2D eigenvalue weighted by molar-refractivity contribution is 0.0993. The number of nitrogens with two attached hydrogens (primary N) is 1. The highest BCUT2D eigenvalue weighted by Gasteiger charge is 2.10. The Kier molecular flexibility index (Phi) is 3.86. The molecule has 19 heavy (non-hydrogen) atoms. The van der Waals surface area contributed by atoms with Gasteiger partial charge in [0.2, 0.25) is 0 Å². The van der Waals surface area contributed by atoms with Crippen LogP contribution in [0.15, 0.2) is 36.4 Å². The maximum absolute atomic E-state index is 13.3. The molecule has 4 heteroatoms. The lowest BCUT2D eigenvalue weighted by atomic mass is 10.0. The number of Topliss-reactive ketones (excluding diaryl/α,β-unsaturated/α-hetero) is 1. The van der Waals surface area contributed by atoms with Crippen LogP contribution in [0.4, 0.5) is 10.1 Å². The molecule has 2 N–H and O–H groups in total. The summed E-state index contributed by atoms with van der Waals surface area (Å²) in [6.45, 7) is 1.84. The van der Waals surface area contributed by atoms with Crippen LogP contribution in [0.5, 0.6) is 0 Å². The molecule has 2 nitrogen and oxygen atoms in total. The van der Waals surface area contributed by atoms with Gasteiger partial charge >= 0.3 is 0 Å². The van der Waals surface area contributed by atoms with E-state index in [4.69, 9.17) is 17.3 Å². The molecule has 0 radical (unpaired) electrons. The summed E-state index contributed by atoms with van der Waals surface area (Å²) < 4.78 is 13.3. The zero-order valence-corrected chi connectivity index (χ0v) is 11.2. The highest BCUT2D eigenvalue weighted by atomic mass is 35.5. The number of nitrogen functional groups attached to an aromatic ring is 1. The van der Waals surface area contributed by atoms with Gasteiger partial charge in [0.05, 0.1) is 5.02 Å². The van der Waals surface area contributed by atoms with Gasteiger partial charge in [-0.1, -0.05) is 17.7 Å². The number of hydrogen-bond donors (Lipinski definition) is 1. The molecule has 0 bridgehead atoms. The maximum Gasteiger partial charge on any atom is 0.167 e. The van der Waals surface area contributed by atoms with Crippen LogP contribution in [0.25, 0.3) is 0 Å². The van der Waals surface area contributed by atoms with E-state index in [1.807, 2.05) is 6.92 Å². The molecule has 0 spiro atoms. The molecule has 0 aromatic heterocycles. The molecule has 0 fully saturated rings. The second kappa shape index (κ2) is 5.41. The normalized spacial score (nSPS) is 10.5. The van der Waals surface area contributed by atoms with Crippen molar-refractivity contribution in [3.05, 3.63) is 63.9 Å². The van der Waals surface area contributed by atoms with Crippen molar-refractivity contribution >= 4 is 23.1 Å². The predicted molar refractivity (Wildman–Crippen MR) is 75.0 cm³/mol. The van der Waals surface area contributed by atoms with Crippen LogP contribution < -0.4 is 5.73 Å². The number of rotatable bonds is 3. The molecule has 0 unspecified atom stereocenters. The second-order valence-corrected chi connectivity index (χ2v) is 4.83. The van der Waals surface area contributed by atoms with E-state index >= 15 is 0 Å². The number of benzene rings is 2. The Morgan fingerprint density at radius 1 is 1.26 bits per heavy atom. The second-order valence-electron chi connectivity index (χ2n) is 4.42. The lowest BCUT2D eigenvalue weighted by Gasteiger charge is -2.05. The highest BCUT2D eigenvalue weighted by molar-refractivity contribution is 6.30. The number of ketones is 1. The van der Waals surface area contributed by atoms with Gasteiger partial charge in [-0.15, -0.1) is 0 Å². The summed E-state index contributed by atoms with van der Waals surface area (Å²) in [4.78, 5) is 12.1. The van der Waals surface area contributed by atoms with Crippen LogP contribution in [0.1, 0.15) is 21.5 Å². The van der Waals surface area contributed by atoms with E-state index in [0.29, 0.717) is 16.8 Å². The molecule has 0 saturated carbocycles. The Morgan fingerprint density at radius 3 is 2.63 bits per heavy atom. The average molecular weight is 278 g/mol. The van der Waals surface area contributed by atoms with Gasteiger partial charge in [0.15, 0.2) is 5.78 Å². The van der Waals surface area contributed by atoms with E-state index in [0.717, 1.165) is 5.56 Å². The van der Waals surface area contributed by atoms with Crippen molar-refractivity contribution < 1.29 is 9.18 Å². The summed E-state index contributed by atoms with van der Waals surface area (Å²) in [6, 6.07) is 9.50. The van der Waals surface area contributed by atoms with E-state index in [1.54, 1.807) is 24.3 Å². The van der Waals surface area contributed by atoms with Gasteiger partial charge in [-0.2, -0.15) is 0 Å². The fourth-order valence-electron chi connectivity index (χ4n) is 1.79. The zero-order valence-electron chi connectivity index (χ0n) is 10.4. The molecule has 0 atom stereocenters. The summed E-state index contributed by atoms with van der Waals surface area (Å²) in [6.07, 6.45) is 0.136. The first-order chi connectivity index (χ1) is 8.97. The molecule has 2 aromatic carbocycles. The third-order valence-electron chi connectivity index (χ3n) is 2.94. The van der Waals surface area contributed by atoms with E-state index in [2.05, 4.69) is 0 Å². The minimum atomic E-state index is -0.513. The first-order valence-electron chi connectivity index (χ1n) is 5.80. The topological polar surface area (TPSA) is 43.1 Å². The fourth-order valence-corrected chi connectivity index (χ4v) is 1.90. The van der Waals surface area contributed by atoms with Gasteiger partial charge in [0, 0.05) is 17.7 Å². The Hall–Kier alpha value is -1.87. The summed E-state index contributed by atoms with van der Waals surface area (Å²) in [5.41, 5.74) is 8.37. The van der Waals surface area contributed by atoms with Gasteiger partial charge in [-0.25, -0.2) is 4.39 Å². The van der Waals surface area contributed by atoms with Crippen molar-refractivity contribution in [1.29, 1.82) is 0 Å². The van der Waals surface area contributed by atoms with Gasteiger partial charge in [-0.05, 0) is 48.4 Å². The zero-order chi connectivity index (χ0) is 14.0. The van der Waals surface area contributed by atoms with Crippen LogP contribution in [-0.2, 0) is 6.42 Å². The number of aryl methyl sites for hydroxylation is 1. The van der Waals surface area contributed by atoms with Crippen molar-refractivity contribution in [3.8, 4) is 0 Å². The number of hydrogen-bond acceptors (Lipinski definition) is 2. The molecule has 2 aromatic rings. The minimum absolute atomic E-state index is 0.0551. The van der Waals surface area contributed by atoms with Gasteiger partial charge < -0.3 is 5.73 Å². The Bertz CT molecular complexity index is 640.